The summed E-state index contributed by atoms with van der Waals surface area (Å²) in [6, 6.07) is 6.85. The minimum atomic E-state index is 0.956. The molecule has 1 aliphatic heterocycles. The number of nitrogens with one attached hydrogen (secondary N) is 1. The highest BCUT2D eigenvalue weighted by Crippen LogP contribution is 2.30. The van der Waals surface area contributed by atoms with Crippen LogP contribution in [0.2, 0.25) is 0 Å². The Morgan fingerprint density at radius 2 is 2.38 bits per heavy atom. The molecule has 0 unspecified atom stereocenters. The van der Waals surface area contributed by atoms with E-state index < -0.39 is 0 Å². The monoisotopic (exact) mass is 230 g/mol. The lowest BCUT2D eigenvalue weighted by Crippen LogP contribution is -1.99. The SMILES string of the molecule is c1ncc(Cc2ccc3c(c2)CCCS3)[nH]1. The number of hydrogen-bond acceptors (Lipinski definition) is 2. The summed E-state index contributed by atoms with van der Waals surface area (Å²) in [7, 11) is 0. The molecule has 1 N–H and O–H groups in total. The number of nitrogens with zero attached hydrogens (tertiary/aromatic N) is 1. The first kappa shape index (κ1) is 9.97. The van der Waals surface area contributed by atoms with Crippen LogP contribution in [0.5, 0.6) is 0 Å². The lowest BCUT2D eigenvalue weighted by atomic mass is 10.0. The summed E-state index contributed by atoms with van der Waals surface area (Å²) in [4.78, 5) is 8.67. The Balaban J connectivity index is 1.86. The first-order valence-electron chi connectivity index (χ1n) is 5.64. The van der Waals surface area contributed by atoms with Crippen molar-refractivity contribution in [1.82, 2.24) is 9.97 Å². The predicted octanol–water partition coefficient (Wildman–Crippen LogP) is 3.04. The van der Waals surface area contributed by atoms with E-state index in [1.165, 1.54) is 40.3 Å². The van der Waals surface area contributed by atoms with Crippen molar-refractivity contribution in [2.45, 2.75) is 24.2 Å². The van der Waals surface area contributed by atoms with E-state index in [2.05, 4.69) is 28.2 Å². The van der Waals surface area contributed by atoms with Crippen molar-refractivity contribution in [3.63, 3.8) is 0 Å². The zero-order valence-corrected chi connectivity index (χ0v) is 9.89. The Kier molecular flexibility index (Phi) is 2.70. The highest BCUT2D eigenvalue weighted by molar-refractivity contribution is 7.99. The van der Waals surface area contributed by atoms with Crippen molar-refractivity contribution < 1.29 is 0 Å². The quantitative estimate of drug-likeness (QED) is 0.859. The van der Waals surface area contributed by atoms with Gasteiger partial charge in [0.15, 0.2) is 0 Å². The molecule has 1 aromatic heterocycles. The average Bonchev–Trinajstić information content (AvgIpc) is 2.82. The topological polar surface area (TPSA) is 28.7 Å². The molecule has 3 rings (SSSR count). The summed E-state index contributed by atoms with van der Waals surface area (Å²) in [5.41, 5.74) is 4.09. The number of aromatic nitrogens is 2. The van der Waals surface area contributed by atoms with Crippen molar-refractivity contribution in [2.75, 3.05) is 5.75 Å². The van der Waals surface area contributed by atoms with Crippen LogP contribution in [0.4, 0.5) is 0 Å². The summed E-state index contributed by atoms with van der Waals surface area (Å²) >= 11 is 1.99. The van der Waals surface area contributed by atoms with E-state index in [9.17, 15) is 0 Å². The number of aryl methyl sites for hydroxylation is 1. The van der Waals surface area contributed by atoms with E-state index in [1.54, 1.807) is 6.33 Å². The highest BCUT2D eigenvalue weighted by Gasteiger charge is 2.10. The van der Waals surface area contributed by atoms with Gasteiger partial charge in [0, 0.05) is 23.2 Å². The predicted molar refractivity (Wildman–Crippen MR) is 66.9 cm³/mol. The number of benzene rings is 1. The largest absolute Gasteiger partial charge is 0.348 e. The molecule has 0 spiro atoms. The summed E-state index contributed by atoms with van der Waals surface area (Å²) < 4.78 is 0. The van der Waals surface area contributed by atoms with Gasteiger partial charge in [0.25, 0.3) is 0 Å². The number of hydrogen-bond donors (Lipinski definition) is 1. The second kappa shape index (κ2) is 4.34. The summed E-state index contributed by atoms with van der Waals surface area (Å²) in [5.74, 6) is 1.27. The molecule has 16 heavy (non-hydrogen) atoms. The van der Waals surface area contributed by atoms with Gasteiger partial charge < -0.3 is 4.98 Å². The maximum absolute atomic E-state index is 4.05. The molecule has 0 atom stereocenters. The van der Waals surface area contributed by atoms with E-state index in [4.69, 9.17) is 0 Å². The van der Waals surface area contributed by atoms with Crippen molar-refractivity contribution in [2.24, 2.45) is 0 Å². The van der Waals surface area contributed by atoms with E-state index in [1.807, 2.05) is 18.0 Å². The number of imidazole rings is 1. The molecule has 0 amide bonds. The van der Waals surface area contributed by atoms with Crippen LogP contribution < -0.4 is 0 Å². The first-order valence-corrected chi connectivity index (χ1v) is 6.62. The van der Waals surface area contributed by atoms with Gasteiger partial charge >= 0.3 is 0 Å². The number of aromatic amines is 1. The molecule has 2 aromatic rings. The number of rotatable bonds is 2. The molecule has 2 nitrogen and oxygen atoms in total. The molecule has 0 saturated carbocycles. The number of fused-ring (bicyclic) bond motifs is 1. The Labute approximate surface area is 99.5 Å². The normalized spacial score (nSPS) is 14.8. The zero-order chi connectivity index (χ0) is 10.8. The maximum Gasteiger partial charge on any atom is 0.0921 e. The lowest BCUT2D eigenvalue weighted by Gasteiger charge is -2.15. The number of H-pyrrole nitrogens is 1. The Morgan fingerprint density at radius 3 is 3.25 bits per heavy atom. The van der Waals surface area contributed by atoms with Crippen LogP contribution in [0.15, 0.2) is 35.6 Å². The van der Waals surface area contributed by atoms with Crippen molar-refractivity contribution in [1.29, 1.82) is 0 Å². The lowest BCUT2D eigenvalue weighted by molar-refractivity contribution is 0.884. The van der Waals surface area contributed by atoms with Gasteiger partial charge in [-0.25, -0.2) is 4.98 Å². The van der Waals surface area contributed by atoms with Gasteiger partial charge in [-0.15, -0.1) is 11.8 Å². The number of thioether (sulfide) groups is 1. The Bertz CT molecular complexity index is 477. The van der Waals surface area contributed by atoms with Gasteiger partial charge in [0.2, 0.25) is 0 Å². The maximum atomic E-state index is 4.05. The van der Waals surface area contributed by atoms with Crippen molar-refractivity contribution >= 4 is 11.8 Å². The van der Waals surface area contributed by atoms with Crippen LogP contribution in [-0.2, 0) is 12.8 Å². The van der Waals surface area contributed by atoms with E-state index in [-0.39, 0.29) is 0 Å². The minimum Gasteiger partial charge on any atom is -0.348 e. The van der Waals surface area contributed by atoms with Crippen molar-refractivity contribution in [3.05, 3.63) is 47.5 Å². The van der Waals surface area contributed by atoms with Gasteiger partial charge in [0.05, 0.1) is 6.33 Å². The first-order chi connectivity index (χ1) is 7.92. The fraction of sp³-hybridized carbons (Fsp3) is 0.308. The second-order valence-electron chi connectivity index (χ2n) is 4.15. The minimum absolute atomic E-state index is 0.956. The second-order valence-corrected chi connectivity index (χ2v) is 5.28. The molecule has 3 heteroatoms. The van der Waals surface area contributed by atoms with E-state index in [0.717, 1.165) is 6.42 Å². The third-order valence-corrected chi connectivity index (χ3v) is 4.12. The molecule has 0 bridgehead atoms. The molecule has 0 saturated heterocycles. The van der Waals surface area contributed by atoms with Gasteiger partial charge in [-0.05, 0) is 35.8 Å². The zero-order valence-electron chi connectivity index (χ0n) is 9.07. The Morgan fingerprint density at radius 1 is 1.38 bits per heavy atom. The van der Waals surface area contributed by atoms with Gasteiger partial charge in [-0.1, -0.05) is 12.1 Å². The molecule has 0 fully saturated rings. The average molecular weight is 230 g/mol. The third-order valence-electron chi connectivity index (χ3n) is 2.92. The summed E-state index contributed by atoms with van der Waals surface area (Å²) in [6.45, 7) is 0. The van der Waals surface area contributed by atoms with Crippen molar-refractivity contribution in [3.8, 4) is 0 Å². The molecule has 1 aromatic carbocycles. The molecule has 0 radical (unpaired) electrons. The molecule has 82 valence electrons. The van der Waals surface area contributed by atoms with Gasteiger partial charge in [-0.2, -0.15) is 0 Å². The summed E-state index contributed by atoms with van der Waals surface area (Å²) in [6.07, 6.45) is 7.14. The fourth-order valence-corrected chi connectivity index (χ4v) is 3.14. The smallest absolute Gasteiger partial charge is 0.0921 e. The fourth-order valence-electron chi connectivity index (χ4n) is 2.12. The van der Waals surface area contributed by atoms with Gasteiger partial charge in [-0.3, -0.25) is 0 Å². The molecule has 0 aliphatic carbocycles. The van der Waals surface area contributed by atoms with Crippen LogP contribution in [0.1, 0.15) is 23.2 Å². The van der Waals surface area contributed by atoms with E-state index >= 15 is 0 Å². The van der Waals surface area contributed by atoms with Crippen LogP contribution in [-0.4, -0.2) is 15.7 Å². The van der Waals surface area contributed by atoms with Crippen LogP contribution in [0.25, 0.3) is 0 Å². The van der Waals surface area contributed by atoms with Crippen LogP contribution in [0.3, 0.4) is 0 Å². The van der Waals surface area contributed by atoms with Crippen LogP contribution in [0, 0.1) is 0 Å². The molecule has 2 heterocycles. The standard InChI is InChI=1S/C13H14N2S/c1-2-11-6-10(3-4-13(11)16-5-1)7-12-8-14-9-15-12/h3-4,6,8-9H,1-2,5,7H2,(H,14,15). The molecular weight excluding hydrogens is 216 g/mol. The molecule has 1 aliphatic rings. The summed E-state index contributed by atoms with van der Waals surface area (Å²) in [5, 5.41) is 0. The Hall–Kier alpha value is -1.22. The molecular formula is C13H14N2S. The van der Waals surface area contributed by atoms with Crippen LogP contribution >= 0.6 is 11.8 Å². The van der Waals surface area contributed by atoms with E-state index in [0.29, 0.717) is 0 Å². The highest BCUT2D eigenvalue weighted by atomic mass is 32.2. The third kappa shape index (κ3) is 2.00. The van der Waals surface area contributed by atoms with Gasteiger partial charge in [0.1, 0.15) is 0 Å².